The van der Waals surface area contributed by atoms with E-state index in [1.807, 2.05) is 12.1 Å². The summed E-state index contributed by atoms with van der Waals surface area (Å²) in [7, 11) is 0. The number of halogens is 1. The lowest BCUT2D eigenvalue weighted by Crippen LogP contribution is -2.02. The van der Waals surface area contributed by atoms with Crippen molar-refractivity contribution >= 4 is 22.9 Å². The average molecular weight is 183 g/mol. The molecule has 0 saturated carbocycles. The van der Waals surface area contributed by atoms with Crippen LogP contribution in [0.15, 0.2) is 24.3 Å². The summed E-state index contributed by atoms with van der Waals surface area (Å²) in [6, 6.07) is 7.09. The van der Waals surface area contributed by atoms with Gasteiger partial charge in [0, 0.05) is 5.69 Å². The first kappa shape index (κ1) is 9.13. The lowest BCUT2D eigenvalue weighted by Gasteiger charge is -2.03. The molecule has 64 valence electrons. The second-order valence-corrected chi connectivity index (χ2v) is 3.12. The quantitative estimate of drug-likeness (QED) is 0.707. The van der Waals surface area contributed by atoms with Crippen molar-refractivity contribution in [3.8, 4) is 0 Å². The first-order valence-corrected chi connectivity index (χ1v) is 4.05. The molecule has 0 atom stereocenters. The molecule has 0 unspecified atom stereocenters. The van der Waals surface area contributed by atoms with E-state index in [0.29, 0.717) is 10.6 Å². The zero-order valence-electron chi connectivity index (χ0n) is 6.80. The molecule has 3 heteroatoms. The van der Waals surface area contributed by atoms with E-state index in [2.05, 4.69) is 5.32 Å². The molecule has 12 heavy (non-hydrogen) atoms. The second-order valence-electron chi connectivity index (χ2n) is 2.51. The Bertz CT molecular complexity index is 268. The Hall–Kier alpha value is -0.960. The Morgan fingerprint density at radius 1 is 1.42 bits per heavy atom. The molecule has 1 aromatic carbocycles. The third-order valence-corrected chi connectivity index (χ3v) is 1.53. The number of hydrogen-bond acceptors (Lipinski definition) is 1. The lowest BCUT2D eigenvalue weighted by atomic mass is 10.2. The molecule has 0 saturated heterocycles. The van der Waals surface area contributed by atoms with Crippen molar-refractivity contribution in [3.05, 3.63) is 29.8 Å². The minimum Gasteiger partial charge on any atom is -0.350 e. The van der Waals surface area contributed by atoms with Gasteiger partial charge in [0.2, 0.25) is 0 Å². The normalized spacial score (nSPS) is 9.50. The van der Waals surface area contributed by atoms with Crippen molar-refractivity contribution in [2.45, 2.75) is 13.6 Å². The van der Waals surface area contributed by atoms with Crippen LogP contribution in [-0.2, 0) is 6.67 Å². The van der Waals surface area contributed by atoms with Crippen LogP contribution in [0.3, 0.4) is 0 Å². The van der Waals surface area contributed by atoms with E-state index in [1.54, 1.807) is 19.1 Å². The minimum absolute atomic E-state index is 0.420. The maximum Gasteiger partial charge on any atom is 0.115 e. The van der Waals surface area contributed by atoms with Crippen LogP contribution in [0.5, 0.6) is 0 Å². The number of anilines is 1. The van der Waals surface area contributed by atoms with Gasteiger partial charge in [-0.1, -0.05) is 24.4 Å². The third-order valence-electron chi connectivity index (χ3n) is 1.43. The molecule has 0 aliphatic carbocycles. The third kappa shape index (κ3) is 2.58. The summed E-state index contributed by atoms with van der Waals surface area (Å²) in [5.74, 6) is 0. The van der Waals surface area contributed by atoms with Crippen molar-refractivity contribution < 1.29 is 4.39 Å². The van der Waals surface area contributed by atoms with Gasteiger partial charge in [-0.25, -0.2) is 4.39 Å². The zero-order chi connectivity index (χ0) is 8.97. The Balaban J connectivity index is 2.71. The van der Waals surface area contributed by atoms with Crippen LogP contribution in [0.25, 0.3) is 0 Å². The van der Waals surface area contributed by atoms with Crippen molar-refractivity contribution in [2.24, 2.45) is 0 Å². The molecule has 1 nitrogen and oxygen atoms in total. The molecular formula is C9H10FNS. The van der Waals surface area contributed by atoms with Gasteiger partial charge in [-0.3, -0.25) is 0 Å². The standard InChI is InChI=1S/C9H10FNS/c1-7(12)11-9-4-2-8(6-10)3-5-9/h2-5H,6H2,1H3,(H,11,12). The summed E-state index contributed by atoms with van der Waals surface area (Å²) in [4.78, 5) is 0.711. The van der Waals surface area contributed by atoms with Gasteiger partial charge in [0.05, 0.1) is 4.99 Å². The highest BCUT2D eigenvalue weighted by Gasteiger charge is 1.93. The Morgan fingerprint density at radius 2 is 2.00 bits per heavy atom. The van der Waals surface area contributed by atoms with Gasteiger partial charge in [0.25, 0.3) is 0 Å². The Labute approximate surface area is 76.6 Å². The van der Waals surface area contributed by atoms with Gasteiger partial charge >= 0.3 is 0 Å². The summed E-state index contributed by atoms with van der Waals surface area (Å²) in [6.07, 6.45) is 0. The van der Waals surface area contributed by atoms with E-state index in [1.165, 1.54) is 0 Å². The molecule has 0 fully saturated rings. The molecule has 0 amide bonds. The number of alkyl halides is 1. The molecule has 0 aliphatic heterocycles. The predicted molar refractivity (Wildman–Crippen MR) is 53.1 cm³/mol. The number of rotatable bonds is 2. The predicted octanol–water partition coefficient (Wildman–Crippen LogP) is 2.92. The summed E-state index contributed by atoms with van der Waals surface area (Å²) >= 11 is 4.85. The molecule has 0 heterocycles. The van der Waals surface area contributed by atoms with Crippen LogP contribution in [0.4, 0.5) is 10.1 Å². The van der Waals surface area contributed by atoms with Gasteiger partial charge in [0.1, 0.15) is 6.67 Å². The summed E-state index contributed by atoms with van der Waals surface area (Å²) in [5, 5.41) is 2.97. The number of benzene rings is 1. The fourth-order valence-corrected chi connectivity index (χ4v) is 0.998. The molecule has 1 N–H and O–H groups in total. The van der Waals surface area contributed by atoms with Gasteiger partial charge in [-0.05, 0) is 24.6 Å². The van der Waals surface area contributed by atoms with Crippen LogP contribution < -0.4 is 5.32 Å². The van der Waals surface area contributed by atoms with E-state index < -0.39 is 6.67 Å². The smallest absolute Gasteiger partial charge is 0.115 e. The van der Waals surface area contributed by atoms with Gasteiger partial charge in [0.15, 0.2) is 0 Å². The fourth-order valence-electron chi connectivity index (χ4n) is 0.880. The van der Waals surface area contributed by atoms with Crippen molar-refractivity contribution in [3.63, 3.8) is 0 Å². The van der Waals surface area contributed by atoms with E-state index in [4.69, 9.17) is 12.2 Å². The van der Waals surface area contributed by atoms with Crippen molar-refractivity contribution in [1.82, 2.24) is 0 Å². The molecule has 1 rings (SSSR count). The molecule has 0 aromatic heterocycles. The van der Waals surface area contributed by atoms with E-state index in [9.17, 15) is 4.39 Å². The van der Waals surface area contributed by atoms with Crippen LogP contribution in [0.1, 0.15) is 12.5 Å². The molecular weight excluding hydrogens is 173 g/mol. The first-order chi connectivity index (χ1) is 5.72. The number of thiocarbonyl (C=S) groups is 1. The highest BCUT2D eigenvalue weighted by Crippen LogP contribution is 2.10. The number of hydrogen-bond donors (Lipinski definition) is 1. The first-order valence-electron chi connectivity index (χ1n) is 3.65. The summed E-state index contributed by atoms with van der Waals surface area (Å²) < 4.78 is 12.1. The van der Waals surface area contributed by atoms with Crippen molar-refractivity contribution in [1.29, 1.82) is 0 Å². The molecule has 0 radical (unpaired) electrons. The average Bonchev–Trinajstić information content (AvgIpc) is 2.05. The molecule has 0 bridgehead atoms. The minimum atomic E-state index is -0.420. The molecule has 0 aliphatic rings. The lowest BCUT2D eigenvalue weighted by molar-refractivity contribution is 0.485. The maximum atomic E-state index is 12.1. The topological polar surface area (TPSA) is 12.0 Å². The van der Waals surface area contributed by atoms with Crippen LogP contribution >= 0.6 is 12.2 Å². The van der Waals surface area contributed by atoms with Crippen LogP contribution in [-0.4, -0.2) is 4.99 Å². The van der Waals surface area contributed by atoms with E-state index in [-0.39, 0.29) is 0 Å². The second kappa shape index (κ2) is 4.16. The Morgan fingerprint density at radius 3 is 2.42 bits per heavy atom. The van der Waals surface area contributed by atoms with Gasteiger partial charge in [-0.15, -0.1) is 0 Å². The summed E-state index contributed by atoms with van der Waals surface area (Å²) in [6.45, 7) is 1.38. The molecule has 1 aromatic rings. The SMILES string of the molecule is CC(=S)Nc1ccc(CF)cc1. The maximum absolute atomic E-state index is 12.1. The highest BCUT2D eigenvalue weighted by molar-refractivity contribution is 7.80. The van der Waals surface area contributed by atoms with Crippen LogP contribution in [0, 0.1) is 0 Å². The fraction of sp³-hybridized carbons (Fsp3) is 0.222. The van der Waals surface area contributed by atoms with E-state index >= 15 is 0 Å². The van der Waals surface area contributed by atoms with Crippen molar-refractivity contribution in [2.75, 3.05) is 5.32 Å². The van der Waals surface area contributed by atoms with Crippen LogP contribution in [0.2, 0.25) is 0 Å². The van der Waals surface area contributed by atoms with E-state index in [0.717, 1.165) is 5.69 Å². The van der Waals surface area contributed by atoms with Gasteiger partial charge < -0.3 is 5.32 Å². The monoisotopic (exact) mass is 183 g/mol. The van der Waals surface area contributed by atoms with Gasteiger partial charge in [-0.2, -0.15) is 0 Å². The number of nitrogens with one attached hydrogen (secondary N) is 1. The Kier molecular flexibility index (Phi) is 3.17. The largest absolute Gasteiger partial charge is 0.350 e. The molecule has 0 spiro atoms. The highest BCUT2D eigenvalue weighted by atomic mass is 32.1. The summed E-state index contributed by atoms with van der Waals surface area (Å²) in [5.41, 5.74) is 1.59. The zero-order valence-corrected chi connectivity index (χ0v) is 7.62.